The first-order chi connectivity index (χ1) is 9.44. The number of nitrogens with two attached hydrogens (primary N) is 1. The lowest BCUT2D eigenvalue weighted by molar-refractivity contribution is 0.0962. The van der Waals surface area contributed by atoms with Crippen LogP contribution in [0.4, 0.5) is 0 Å². The predicted octanol–water partition coefficient (Wildman–Crippen LogP) is 3.47. The number of aromatic nitrogens is 2. The van der Waals surface area contributed by atoms with Crippen LogP contribution in [0.3, 0.4) is 0 Å². The van der Waals surface area contributed by atoms with Gasteiger partial charge in [-0.2, -0.15) is 4.98 Å². The molecule has 0 aliphatic rings. The maximum atomic E-state index is 6.15. The van der Waals surface area contributed by atoms with Crippen molar-refractivity contribution in [2.24, 2.45) is 5.73 Å². The van der Waals surface area contributed by atoms with E-state index in [-0.39, 0.29) is 0 Å². The van der Waals surface area contributed by atoms with Gasteiger partial charge in [0.05, 0.1) is 12.2 Å². The highest BCUT2D eigenvalue weighted by Gasteiger charge is 2.28. The van der Waals surface area contributed by atoms with Crippen LogP contribution in [0.15, 0.2) is 31.7 Å². The Labute approximate surface area is 134 Å². The molecular formula is C13H15Br2N3O2. The molecule has 0 saturated heterocycles. The molecule has 108 valence electrons. The van der Waals surface area contributed by atoms with Crippen molar-refractivity contribution in [1.29, 1.82) is 0 Å². The minimum Gasteiger partial charge on any atom is -0.379 e. The lowest BCUT2D eigenvalue weighted by Crippen LogP contribution is -2.39. The van der Waals surface area contributed by atoms with Crippen LogP contribution >= 0.6 is 31.9 Å². The van der Waals surface area contributed by atoms with Crippen molar-refractivity contribution in [2.75, 3.05) is 13.2 Å². The van der Waals surface area contributed by atoms with Crippen LogP contribution in [0.25, 0.3) is 11.5 Å². The highest BCUT2D eigenvalue weighted by molar-refractivity contribution is 9.11. The lowest BCUT2D eigenvalue weighted by Gasteiger charge is -2.19. The molecule has 5 nitrogen and oxygen atoms in total. The predicted molar refractivity (Wildman–Crippen MR) is 83.2 cm³/mol. The standard InChI is InChI=1S/C13H15Br2N3O2/c1-3-19-7-13(2,16)12-17-11(20-18-12)9-6-8(14)4-5-10(9)15/h4-6H,3,7,16H2,1-2H3. The van der Waals surface area contributed by atoms with Crippen LogP contribution < -0.4 is 5.73 Å². The van der Waals surface area contributed by atoms with E-state index >= 15 is 0 Å². The first-order valence-electron chi connectivity index (χ1n) is 6.10. The number of halogens is 2. The zero-order chi connectivity index (χ0) is 14.8. The van der Waals surface area contributed by atoms with Crippen LogP contribution in [0, 0.1) is 0 Å². The molecule has 1 aromatic carbocycles. The molecule has 1 unspecified atom stereocenters. The van der Waals surface area contributed by atoms with Gasteiger partial charge >= 0.3 is 0 Å². The molecule has 0 amide bonds. The average Bonchev–Trinajstić information content (AvgIpc) is 2.89. The summed E-state index contributed by atoms with van der Waals surface area (Å²) in [5, 5.41) is 3.96. The Bertz CT molecular complexity index is 599. The van der Waals surface area contributed by atoms with Crippen LogP contribution in [0.5, 0.6) is 0 Å². The molecule has 1 heterocycles. The maximum absolute atomic E-state index is 6.15. The van der Waals surface area contributed by atoms with Crippen LogP contribution in [-0.4, -0.2) is 23.4 Å². The van der Waals surface area contributed by atoms with Gasteiger partial charge in [-0.3, -0.25) is 0 Å². The molecule has 0 saturated carbocycles. The number of nitrogens with zero attached hydrogens (tertiary/aromatic N) is 2. The van der Waals surface area contributed by atoms with Crippen molar-refractivity contribution >= 4 is 31.9 Å². The van der Waals surface area contributed by atoms with E-state index in [1.165, 1.54) is 0 Å². The minimum absolute atomic E-state index is 0.335. The van der Waals surface area contributed by atoms with Gasteiger partial charge in [-0.25, -0.2) is 0 Å². The third-order valence-corrected chi connectivity index (χ3v) is 3.89. The molecule has 0 aliphatic heterocycles. The number of rotatable bonds is 5. The third-order valence-electron chi connectivity index (χ3n) is 2.70. The van der Waals surface area contributed by atoms with E-state index < -0.39 is 5.54 Å². The Hall–Kier alpha value is -0.760. The van der Waals surface area contributed by atoms with Crippen molar-refractivity contribution in [2.45, 2.75) is 19.4 Å². The van der Waals surface area contributed by atoms with Gasteiger partial charge in [0.15, 0.2) is 5.82 Å². The second kappa shape index (κ2) is 6.34. The Kier molecular flexibility index (Phi) is 4.95. The molecule has 0 bridgehead atoms. The molecule has 0 aliphatic carbocycles. The molecule has 2 aromatic rings. The van der Waals surface area contributed by atoms with Gasteiger partial charge in [0.2, 0.25) is 0 Å². The van der Waals surface area contributed by atoms with Gasteiger partial charge in [0.25, 0.3) is 5.89 Å². The van der Waals surface area contributed by atoms with E-state index in [1.54, 1.807) is 0 Å². The number of hydrogen-bond donors (Lipinski definition) is 1. The molecular weight excluding hydrogens is 390 g/mol. The highest BCUT2D eigenvalue weighted by Crippen LogP contribution is 2.30. The summed E-state index contributed by atoms with van der Waals surface area (Å²) in [6.07, 6.45) is 0. The summed E-state index contributed by atoms with van der Waals surface area (Å²) >= 11 is 6.88. The van der Waals surface area contributed by atoms with E-state index in [4.69, 9.17) is 15.0 Å². The molecule has 0 radical (unpaired) electrons. The molecule has 20 heavy (non-hydrogen) atoms. The molecule has 1 atom stereocenters. The summed E-state index contributed by atoms with van der Waals surface area (Å²) in [4.78, 5) is 4.37. The van der Waals surface area contributed by atoms with Crippen LogP contribution in [0.1, 0.15) is 19.7 Å². The smallest absolute Gasteiger partial charge is 0.259 e. The summed E-state index contributed by atoms with van der Waals surface area (Å²) in [5.74, 6) is 0.842. The first kappa shape index (κ1) is 15.6. The monoisotopic (exact) mass is 403 g/mol. The van der Waals surface area contributed by atoms with Gasteiger partial charge in [0, 0.05) is 15.6 Å². The lowest BCUT2D eigenvalue weighted by atomic mass is 10.1. The maximum Gasteiger partial charge on any atom is 0.259 e. The van der Waals surface area contributed by atoms with Crippen molar-refractivity contribution in [3.8, 4) is 11.5 Å². The average molecular weight is 405 g/mol. The second-order valence-electron chi connectivity index (χ2n) is 4.60. The van der Waals surface area contributed by atoms with E-state index in [1.807, 2.05) is 32.0 Å². The Morgan fingerprint density at radius 3 is 2.85 bits per heavy atom. The zero-order valence-corrected chi connectivity index (χ0v) is 14.4. The quantitative estimate of drug-likeness (QED) is 0.825. The summed E-state index contributed by atoms with van der Waals surface area (Å²) < 4.78 is 12.5. The molecule has 2 rings (SSSR count). The van der Waals surface area contributed by atoms with E-state index in [9.17, 15) is 0 Å². The largest absolute Gasteiger partial charge is 0.379 e. The SMILES string of the molecule is CCOCC(C)(N)c1noc(-c2cc(Br)ccc2Br)n1. The molecule has 1 aromatic heterocycles. The van der Waals surface area contributed by atoms with Crippen LogP contribution in [-0.2, 0) is 10.3 Å². The van der Waals surface area contributed by atoms with Crippen molar-refractivity contribution in [3.63, 3.8) is 0 Å². The molecule has 0 spiro atoms. The zero-order valence-electron chi connectivity index (χ0n) is 11.2. The van der Waals surface area contributed by atoms with Gasteiger partial charge in [-0.15, -0.1) is 0 Å². The summed E-state index contributed by atoms with van der Waals surface area (Å²) in [6.45, 7) is 4.65. The second-order valence-corrected chi connectivity index (χ2v) is 6.37. The highest BCUT2D eigenvalue weighted by atomic mass is 79.9. The van der Waals surface area contributed by atoms with Crippen LogP contribution in [0.2, 0.25) is 0 Å². The topological polar surface area (TPSA) is 74.2 Å². The van der Waals surface area contributed by atoms with Gasteiger partial charge in [-0.05, 0) is 48.0 Å². The molecule has 0 fully saturated rings. The van der Waals surface area contributed by atoms with Gasteiger partial charge in [0.1, 0.15) is 5.54 Å². The van der Waals surface area contributed by atoms with E-state index in [0.29, 0.717) is 24.9 Å². The van der Waals surface area contributed by atoms with E-state index in [2.05, 4.69) is 42.0 Å². The Morgan fingerprint density at radius 2 is 2.15 bits per heavy atom. The summed E-state index contributed by atoms with van der Waals surface area (Å²) in [5.41, 5.74) is 6.18. The van der Waals surface area contributed by atoms with Crippen molar-refractivity contribution in [3.05, 3.63) is 33.0 Å². The summed E-state index contributed by atoms with van der Waals surface area (Å²) in [7, 11) is 0. The normalized spacial score (nSPS) is 14.2. The Morgan fingerprint density at radius 1 is 1.40 bits per heavy atom. The molecule has 2 N–H and O–H groups in total. The first-order valence-corrected chi connectivity index (χ1v) is 7.69. The number of hydrogen-bond acceptors (Lipinski definition) is 5. The fourth-order valence-electron chi connectivity index (χ4n) is 1.60. The fourth-order valence-corrected chi connectivity index (χ4v) is 2.38. The number of benzene rings is 1. The van der Waals surface area contributed by atoms with Crippen molar-refractivity contribution in [1.82, 2.24) is 10.1 Å². The molecule has 7 heteroatoms. The van der Waals surface area contributed by atoms with Gasteiger partial charge in [-0.1, -0.05) is 21.1 Å². The fraction of sp³-hybridized carbons (Fsp3) is 0.385. The number of ether oxygens (including phenoxy) is 1. The van der Waals surface area contributed by atoms with E-state index in [0.717, 1.165) is 14.5 Å². The third kappa shape index (κ3) is 3.46. The van der Waals surface area contributed by atoms with Gasteiger partial charge < -0.3 is 15.0 Å². The minimum atomic E-state index is -0.781. The van der Waals surface area contributed by atoms with Crippen molar-refractivity contribution < 1.29 is 9.26 Å². The summed E-state index contributed by atoms with van der Waals surface area (Å²) in [6, 6.07) is 5.73. The Balaban J connectivity index is 2.31.